The van der Waals surface area contributed by atoms with Crippen LogP contribution in [0, 0.1) is 6.92 Å². The van der Waals surface area contributed by atoms with Crippen molar-refractivity contribution in [3.63, 3.8) is 0 Å². The first-order valence-corrected chi connectivity index (χ1v) is 10.3. The third-order valence-corrected chi connectivity index (χ3v) is 6.09. The van der Waals surface area contributed by atoms with Crippen LogP contribution in [-0.2, 0) is 19.6 Å². The SMILES string of the molecule is Cc1cn2c(n1)C(CNC(=O)N1CCCn3c(cc4ccccc43)C1)CCC2. The van der Waals surface area contributed by atoms with Crippen LogP contribution in [0.4, 0.5) is 4.79 Å². The van der Waals surface area contributed by atoms with Gasteiger partial charge in [0.2, 0.25) is 0 Å². The van der Waals surface area contributed by atoms with Gasteiger partial charge in [0.05, 0.1) is 12.2 Å². The van der Waals surface area contributed by atoms with Crippen LogP contribution in [0.2, 0.25) is 0 Å². The fourth-order valence-electron chi connectivity index (χ4n) is 4.75. The standard InChI is InChI=1S/C22H27N5O/c1-16-14-25-9-4-7-18(21(25)24-16)13-23-22(28)26-10-5-11-27-19(15-26)12-17-6-2-3-8-20(17)27/h2-3,6,8,12,14,18H,4-5,7,9-11,13,15H2,1H3,(H,23,28). The highest BCUT2D eigenvalue weighted by molar-refractivity contribution is 5.81. The third kappa shape index (κ3) is 3.07. The molecule has 0 saturated heterocycles. The molecule has 146 valence electrons. The van der Waals surface area contributed by atoms with Gasteiger partial charge in [-0.25, -0.2) is 9.78 Å². The molecule has 0 saturated carbocycles. The summed E-state index contributed by atoms with van der Waals surface area (Å²) in [6, 6.07) is 10.7. The number of rotatable bonds is 2. The van der Waals surface area contributed by atoms with Crippen LogP contribution in [0.15, 0.2) is 36.5 Å². The predicted molar refractivity (Wildman–Crippen MR) is 109 cm³/mol. The lowest BCUT2D eigenvalue weighted by molar-refractivity contribution is 0.194. The van der Waals surface area contributed by atoms with Crippen LogP contribution in [-0.4, -0.2) is 38.1 Å². The van der Waals surface area contributed by atoms with E-state index in [1.165, 1.54) is 16.6 Å². The molecule has 2 amide bonds. The van der Waals surface area contributed by atoms with Gasteiger partial charge in [-0.05, 0) is 43.7 Å². The van der Waals surface area contributed by atoms with Crippen molar-refractivity contribution in [3.8, 4) is 0 Å². The first-order valence-electron chi connectivity index (χ1n) is 10.3. The number of amides is 2. The molecule has 3 aromatic rings. The molecule has 0 bridgehead atoms. The highest BCUT2D eigenvalue weighted by atomic mass is 16.2. The minimum absolute atomic E-state index is 0.0408. The molecule has 2 aliphatic heterocycles. The van der Waals surface area contributed by atoms with Gasteiger partial charge in [-0.15, -0.1) is 0 Å². The van der Waals surface area contributed by atoms with Gasteiger partial charge < -0.3 is 19.4 Å². The van der Waals surface area contributed by atoms with E-state index >= 15 is 0 Å². The Bertz CT molecular complexity index is 1020. The Morgan fingerprint density at radius 2 is 2.11 bits per heavy atom. The minimum atomic E-state index is 0.0408. The number of aryl methyl sites for hydroxylation is 3. The van der Waals surface area contributed by atoms with Crippen LogP contribution >= 0.6 is 0 Å². The highest BCUT2D eigenvalue weighted by Crippen LogP contribution is 2.27. The fraction of sp³-hybridized carbons (Fsp3) is 0.455. The highest BCUT2D eigenvalue weighted by Gasteiger charge is 2.25. The molecule has 4 heterocycles. The average molecular weight is 377 g/mol. The van der Waals surface area contributed by atoms with Crippen LogP contribution in [0.25, 0.3) is 10.9 Å². The van der Waals surface area contributed by atoms with Gasteiger partial charge in [0.25, 0.3) is 0 Å². The number of para-hydroxylation sites is 1. The first kappa shape index (κ1) is 17.3. The topological polar surface area (TPSA) is 55.1 Å². The van der Waals surface area contributed by atoms with Crippen LogP contribution in [0.1, 0.15) is 42.4 Å². The molecule has 1 atom stereocenters. The number of carbonyl (C=O) groups is 1. The van der Waals surface area contributed by atoms with Crippen molar-refractivity contribution < 1.29 is 4.79 Å². The summed E-state index contributed by atoms with van der Waals surface area (Å²) in [5, 5.41) is 4.44. The van der Waals surface area contributed by atoms with Gasteiger partial charge in [-0.1, -0.05) is 18.2 Å². The third-order valence-electron chi connectivity index (χ3n) is 6.09. The maximum absolute atomic E-state index is 12.9. The Morgan fingerprint density at radius 3 is 3.04 bits per heavy atom. The van der Waals surface area contributed by atoms with Gasteiger partial charge in [0, 0.05) is 49.5 Å². The summed E-state index contributed by atoms with van der Waals surface area (Å²) in [7, 11) is 0. The molecule has 28 heavy (non-hydrogen) atoms. The summed E-state index contributed by atoms with van der Waals surface area (Å²) in [4.78, 5) is 19.6. The number of carbonyl (C=O) groups excluding carboxylic acids is 1. The lowest BCUT2D eigenvalue weighted by Crippen LogP contribution is -2.41. The zero-order chi connectivity index (χ0) is 19.1. The van der Waals surface area contributed by atoms with Crippen LogP contribution in [0.5, 0.6) is 0 Å². The van der Waals surface area contributed by atoms with Crippen LogP contribution in [0.3, 0.4) is 0 Å². The van der Waals surface area contributed by atoms with Crippen molar-refractivity contribution >= 4 is 16.9 Å². The largest absolute Gasteiger partial charge is 0.343 e. The number of benzene rings is 1. The van der Waals surface area contributed by atoms with E-state index in [0.717, 1.165) is 50.4 Å². The lowest BCUT2D eigenvalue weighted by atomic mass is 9.99. The summed E-state index contributed by atoms with van der Waals surface area (Å²) in [6.45, 7) is 6.16. The summed E-state index contributed by atoms with van der Waals surface area (Å²) in [5.74, 6) is 1.44. The predicted octanol–water partition coefficient (Wildman–Crippen LogP) is 3.64. The molecule has 0 fully saturated rings. The number of fused-ring (bicyclic) bond motifs is 4. The van der Waals surface area contributed by atoms with Gasteiger partial charge >= 0.3 is 6.03 Å². The summed E-state index contributed by atoms with van der Waals surface area (Å²) in [6.07, 6.45) is 5.33. The summed E-state index contributed by atoms with van der Waals surface area (Å²) >= 11 is 0. The number of nitrogens with one attached hydrogen (secondary N) is 1. The maximum atomic E-state index is 12.9. The second-order valence-corrected chi connectivity index (χ2v) is 8.08. The number of nitrogens with zero attached hydrogens (tertiary/aromatic N) is 4. The number of hydrogen-bond donors (Lipinski definition) is 1. The van der Waals surface area contributed by atoms with E-state index in [9.17, 15) is 4.79 Å². The Balaban J connectivity index is 1.28. The molecule has 1 unspecified atom stereocenters. The smallest absolute Gasteiger partial charge is 0.317 e. The molecule has 1 aromatic carbocycles. The zero-order valence-corrected chi connectivity index (χ0v) is 16.4. The van der Waals surface area contributed by atoms with Gasteiger partial charge in [-0.2, -0.15) is 0 Å². The van der Waals surface area contributed by atoms with E-state index in [1.807, 2.05) is 11.8 Å². The first-order chi connectivity index (χ1) is 13.7. The summed E-state index contributed by atoms with van der Waals surface area (Å²) < 4.78 is 4.61. The van der Waals surface area contributed by atoms with Crippen molar-refractivity contribution in [1.29, 1.82) is 0 Å². The Morgan fingerprint density at radius 1 is 1.21 bits per heavy atom. The maximum Gasteiger partial charge on any atom is 0.317 e. The van der Waals surface area contributed by atoms with E-state index in [1.54, 1.807) is 0 Å². The molecule has 5 rings (SSSR count). The number of urea groups is 1. The Labute approximate surface area is 165 Å². The second-order valence-electron chi connectivity index (χ2n) is 8.08. The van der Waals surface area contributed by atoms with Crippen molar-refractivity contribution in [2.24, 2.45) is 0 Å². The molecule has 6 nitrogen and oxygen atoms in total. The molecule has 2 aliphatic rings. The summed E-state index contributed by atoms with van der Waals surface area (Å²) in [5.41, 5.74) is 3.55. The van der Waals surface area contributed by atoms with E-state index < -0.39 is 0 Å². The molecule has 0 radical (unpaired) electrons. The van der Waals surface area contributed by atoms with Crippen molar-refractivity contribution in [1.82, 2.24) is 24.3 Å². The molecule has 6 heteroatoms. The quantitative estimate of drug-likeness (QED) is 0.741. The number of imidazole rings is 1. The van der Waals surface area contributed by atoms with Gasteiger partial charge in [-0.3, -0.25) is 0 Å². The van der Waals surface area contributed by atoms with Crippen molar-refractivity contribution in [3.05, 3.63) is 53.7 Å². The van der Waals surface area contributed by atoms with Gasteiger partial charge in [0.1, 0.15) is 5.82 Å². The van der Waals surface area contributed by atoms with Crippen molar-refractivity contribution in [2.75, 3.05) is 13.1 Å². The lowest BCUT2D eigenvalue weighted by Gasteiger charge is -2.26. The second kappa shape index (κ2) is 7.00. The molecule has 1 N–H and O–H groups in total. The molecule has 2 aromatic heterocycles. The van der Waals surface area contributed by atoms with Crippen molar-refractivity contribution in [2.45, 2.75) is 51.7 Å². The molecular weight excluding hydrogens is 350 g/mol. The fourth-order valence-corrected chi connectivity index (χ4v) is 4.75. The molecule has 0 aliphatic carbocycles. The van der Waals surface area contributed by atoms with E-state index in [0.29, 0.717) is 19.0 Å². The average Bonchev–Trinajstić information content (AvgIpc) is 3.17. The number of hydrogen-bond acceptors (Lipinski definition) is 2. The monoisotopic (exact) mass is 377 g/mol. The minimum Gasteiger partial charge on any atom is -0.343 e. The number of aromatic nitrogens is 3. The zero-order valence-electron chi connectivity index (χ0n) is 16.4. The Hall–Kier alpha value is -2.76. The van der Waals surface area contributed by atoms with E-state index in [4.69, 9.17) is 0 Å². The normalized spacial score (nSPS) is 19.2. The molecular formula is C22H27N5O. The van der Waals surface area contributed by atoms with Crippen LogP contribution < -0.4 is 5.32 Å². The van der Waals surface area contributed by atoms with E-state index in [2.05, 4.69) is 56.0 Å². The molecule has 0 spiro atoms. The Kier molecular flexibility index (Phi) is 4.34. The van der Waals surface area contributed by atoms with E-state index in [-0.39, 0.29) is 6.03 Å². The van der Waals surface area contributed by atoms with Gasteiger partial charge in [0.15, 0.2) is 0 Å².